The molecule has 0 aliphatic carbocycles. The van der Waals surface area contributed by atoms with Crippen LogP contribution in [0.3, 0.4) is 0 Å². The van der Waals surface area contributed by atoms with Gasteiger partial charge in [0.2, 0.25) is 0 Å². The second kappa shape index (κ2) is 5.42. The lowest BCUT2D eigenvalue weighted by molar-refractivity contribution is 0.162. The lowest BCUT2D eigenvalue weighted by Gasteiger charge is -2.26. The van der Waals surface area contributed by atoms with Crippen molar-refractivity contribution in [3.05, 3.63) is 29.3 Å². The third kappa shape index (κ3) is 2.73. The first-order valence-corrected chi connectivity index (χ1v) is 9.33. The Morgan fingerprint density at radius 2 is 2.15 bits per heavy atom. The van der Waals surface area contributed by atoms with E-state index in [1.54, 1.807) is 0 Å². The van der Waals surface area contributed by atoms with Crippen molar-refractivity contribution in [1.82, 2.24) is 4.98 Å². The van der Waals surface area contributed by atoms with E-state index in [-0.39, 0.29) is 5.75 Å². The van der Waals surface area contributed by atoms with Crippen LogP contribution in [-0.2, 0) is 16.3 Å². The molecular weight excluding hydrogens is 294 g/mol. The summed E-state index contributed by atoms with van der Waals surface area (Å²) in [5, 5.41) is 10.5. The largest absolute Gasteiger partial charge is 0.391 e. The van der Waals surface area contributed by atoms with Gasteiger partial charge in [0.15, 0.2) is 9.84 Å². The summed E-state index contributed by atoms with van der Waals surface area (Å²) in [4.78, 5) is 4.46. The average Bonchev–Trinajstić information content (AvgIpc) is 2.80. The number of thiazole rings is 1. The maximum Gasteiger partial charge on any atom is 0.155 e. The molecule has 0 saturated carbocycles. The maximum atomic E-state index is 12.0. The predicted octanol–water partition coefficient (Wildman–Crippen LogP) is 2.17. The lowest BCUT2D eigenvalue weighted by Crippen LogP contribution is -2.39. The fourth-order valence-corrected chi connectivity index (χ4v) is 5.76. The third-order valence-corrected chi connectivity index (χ3v) is 7.17. The molecule has 1 saturated heterocycles. The minimum Gasteiger partial charge on any atom is -0.391 e. The topological polar surface area (TPSA) is 67.3 Å². The molecule has 3 rings (SSSR count). The number of hydrogen-bond donors (Lipinski definition) is 1. The van der Waals surface area contributed by atoms with Gasteiger partial charge in [0.1, 0.15) is 0 Å². The van der Waals surface area contributed by atoms with Crippen LogP contribution in [0.2, 0.25) is 0 Å². The molecule has 1 aromatic carbocycles. The number of sulfone groups is 1. The molecule has 6 heteroatoms. The van der Waals surface area contributed by atoms with Gasteiger partial charge in [-0.1, -0.05) is 18.6 Å². The number of benzene rings is 1. The van der Waals surface area contributed by atoms with Gasteiger partial charge < -0.3 is 5.11 Å². The summed E-state index contributed by atoms with van der Waals surface area (Å²) in [6, 6.07) is 7.79. The Kier molecular flexibility index (Phi) is 3.79. The summed E-state index contributed by atoms with van der Waals surface area (Å²) in [5.41, 5.74) is 0.909. The molecule has 1 fully saturated rings. The standard InChI is InChI=1S/C14H17NO3S2/c16-11(13-7-3-4-8-20(13,17)18)9-14-15-10-5-1-2-6-12(10)19-14/h1-2,5-6,11,13,16H,3-4,7-9H2. The fraction of sp³-hybridized carbons (Fsp3) is 0.500. The van der Waals surface area contributed by atoms with Gasteiger partial charge in [0.25, 0.3) is 0 Å². The number of rotatable bonds is 3. The third-order valence-electron chi connectivity index (χ3n) is 3.78. The Morgan fingerprint density at radius 3 is 2.90 bits per heavy atom. The highest BCUT2D eigenvalue weighted by molar-refractivity contribution is 7.92. The molecule has 4 nitrogen and oxygen atoms in total. The van der Waals surface area contributed by atoms with E-state index in [4.69, 9.17) is 0 Å². The molecule has 2 aromatic rings. The normalized spacial score (nSPS) is 23.8. The zero-order valence-electron chi connectivity index (χ0n) is 11.0. The number of para-hydroxylation sites is 1. The zero-order valence-corrected chi connectivity index (χ0v) is 12.7. The van der Waals surface area contributed by atoms with Gasteiger partial charge in [0, 0.05) is 6.42 Å². The Hall–Kier alpha value is -0.980. The average molecular weight is 311 g/mol. The highest BCUT2D eigenvalue weighted by atomic mass is 32.2. The van der Waals surface area contributed by atoms with Gasteiger partial charge in [0.05, 0.1) is 32.3 Å². The highest BCUT2D eigenvalue weighted by Gasteiger charge is 2.35. The minimum atomic E-state index is -3.15. The van der Waals surface area contributed by atoms with Crippen molar-refractivity contribution in [3.8, 4) is 0 Å². The van der Waals surface area contributed by atoms with E-state index in [1.807, 2.05) is 24.3 Å². The molecule has 0 bridgehead atoms. The van der Waals surface area contributed by atoms with Crippen molar-refractivity contribution in [2.24, 2.45) is 0 Å². The number of hydrogen-bond acceptors (Lipinski definition) is 5. The van der Waals surface area contributed by atoms with Gasteiger partial charge in [-0.2, -0.15) is 0 Å². The molecule has 0 radical (unpaired) electrons. The quantitative estimate of drug-likeness (QED) is 0.943. The number of aromatic nitrogens is 1. The second-order valence-corrected chi connectivity index (χ2v) is 8.70. The minimum absolute atomic E-state index is 0.203. The zero-order chi connectivity index (χ0) is 14.2. The highest BCUT2D eigenvalue weighted by Crippen LogP contribution is 2.27. The molecular formula is C14H17NO3S2. The van der Waals surface area contributed by atoms with Crippen LogP contribution < -0.4 is 0 Å². The summed E-state index contributed by atoms with van der Waals surface area (Å²) in [6.45, 7) is 0. The van der Waals surface area contributed by atoms with E-state index < -0.39 is 21.2 Å². The molecule has 1 aromatic heterocycles. The Balaban J connectivity index is 1.79. The van der Waals surface area contributed by atoms with E-state index in [0.29, 0.717) is 19.3 Å². The molecule has 1 aliphatic rings. The van der Waals surface area contributed by atoms with Gasteiger partial charge in [-0.15, -0.1) is 11.3 Å². The van der Waals surface area contributed by atoms with Crippen molar-refractivity contribution in [2.45, 2.75) is 37.0 Å². The van der Waals surface area contributed by atoms with Crippen molar-refractivity contribution in [1.29, 1.82) is 0 Å². The van der Waals surface area contributed by atoms with Crippen LogP contribution in [0.1, 0.15) is 24.3 Å². The number of aliphatic hydroxyl groups is 1. The summed E-state index contributed by atoms with van der Waals surface area (Å²) >= 11 is 1.52. The molecule has 2 unspecified atom stereocenters. The van der Waals surface area contributed by atoms with E-state index in [2.05, 4.69) is 4.98 Å². The Bertz CT molecular complexity index is 675. The van der Waals surface area contributed by atoms with E-state index in [9.17, 15) is 13.5 Å². The molecule has 20 heavy (non-hydrogen) atoms. The Morgan fingerprint density at radius 1 is 1.35 bits per heavy atom. The van der Waals surface area contributed by atoms with Crippen molar-refractivity contribution in [3.63, 3.8) is 0 Å². The number of aliphatic hydroxyl groups excluding tert-OH is 1. The van der Waals surface area contributed by atoms with Crippen LogP contribution in [0.25, 0.3) is 10.2 Å². The lowest BCUT2D eigenvalue weighted by atomic mass is 10.1. The van der Waals surface area contributed by atoms with Crippen LogP contribution >= 0.6 is 11.3 Å². The fourth-order valence-electron chi connectivity index (χ4n) is 2.73. The molecule has 0 amide bonds. The van der Waals surface area contributed by atoms with Gasteiger partial charge in [-0.25, -0.2) is 13.4 Å². The summed E-state index contributed by atoms with van der Waals surface area (Å²) < 4.78 is 25.1. The van der Waals surface area contributed by atoms with Gasteiger partial charge in [-0.3, -0.25) is 0 Å². The van der Waals surface area contributed by atoms with E-state index in [1.165, 1.54) is 11.3 Å². The predicted molar refractivity (Wildman–Crippen MR) is 80.8 cm³/mol. The monoisotopic (exact) mass is 311 g/mol. The molecule has 108 valence electrons. The second-order valence-electron chi connectivity index (χ2n) is 5.25. The first-order valence-electron chi connectivity index (χ1n) is 6.80. The smallest absolute Gasteiger partial charge is 0.155 e. The first-order chi connectivity index (χ1) is 9.56. The molecule has 2 atom stereocenters. The SMILES string of the molecule is O=S1(=O)CCCCC1C(O)Cc1nc2ccccc2s1. The summed E-state index contributed by atoms with van der Waals surface area (Å²) in [6.07, 6.45) is 1.63. The van der Waals surface area contributed by atoms with Crippen molar-refractivity contribution in [2.75, 3.05) is 5.75 Å². The van der Waals surface area contributed by atoms with Crippen LogP contribution in [0.15, 0.2) is 24.3 Å². The molecule has 0 spiro atoms. The molecule has 2 heterocycles. The van der Waals surface area contributed by atoms with Gasteiger partial charge in [-0.05, 0) is 25.0 Å². The summed E-state index contributed by atoms with van der Waals surface area (Å²) in [5.74, 6) is 0.203. The number of nitrogens with zero attached hydrogens (tertiary/aromatic N) is 1. The molecule has 1 aliphatic heterocycles. The Labute approximate surface area is 122 Å². The van der Waals surface area contributed by atoms with E-state index in [0.717, 1.165) is 21.6 Å². The van der Waals surface area contributed by atoms with Crippen molar-refractivity contribution >= 4 is 31.4 Å². The summed E-state index contributed by atoms with van der Waals surface area (Å²) in [7, 11) is -3.15. The van der Waals surface area contributed by atoms with Crippen molar-refractivity contribution < 1.29 is 13.5 Å². The number of fused-ring (bicyclic) bond motifs is 1. The maximum absolute atomic E-state index is 12.0. The van der Waals surface area contributed by atoms with Crippen LogP contribution in [-0.4, -0.2) is 35.6 Å². The van der Waals surface area contributed by atoms with Crippen LogP contribution in [0.5, 0.6) is 0 Å². The van der Waals surface area contributed by atoms with Crippen LogP contribution in [0, 0.1) is 0 Å². The van der Waals surface area contributed by atoms with Crippen LogP contribution in [0.4, 0.5) is 0 Å². The van der Waals surface area contributed by atoms with Gasteiger partial charge >= 0.3 is 0 Å². The first kappa shape index (κ1) is 14.0. The molecule has 1 N–H and O–H groups in total. The van der Waals surface area contributed by atoms with E-state index >= 15 is 0 Å².